The second-order valence-electron chi connectivity index (χ2n) is 11.0. The summed E-state index contributed by atoms with van der Waals surface area (Å²) in [6.07, 6.45) is 11.6. The van der Waals surface area contributed by atoms with Gasteiger partial charge in [0.15, 0.2) is 17.3 Å². The van der Waals surface area contributed by atoms with Crippen LogP contribution in [0.5, 0.6) is 23.0 Å². The van der Waals surface area contributed by atoms with Crippen molar-refractivity contribution in [2.75, 3.05) is 27.9 Å². The maximum atomic E-state index is 13.1. The third kappa shape index (κ3) is 9.54. The molecule has 0 amide bonds. The maximum Gasteiger partial charge on any atom is 0.235 e. The van der Waals surface area contributed by atoms with Gasteiger partial charge in [0.1, 0.15) is 11.3 Å². The van der Waals surface area contributed by atoms with E-state index in [0.717, 1.165) is 32.3 Å². The number of benzene rings is 3. The lowest BCUT2D eigenvalue weighted by Gasteiger charge is -2.11. The minimum absolute atomic E-state index is 0.0403. The van der Waals surface area contributed by atoms with Crippen LogP contribution in [0, 0.1) is 11.8 Å². The van der Waals surface area contributed by atoms with Gasteiger partial charge in [-0.2, -0.15) is 0 Å². The number of fused-ring (bicyclic) bond motifs is 1. The van der Waals surface area contributed by atoms with Crippen LogP contribution >= 0.6 is 0 Å². The van der Waals surface area contributed by atoms with E-state index in [-0.39, 0.29) is 11.1 Å². The van der Waals surface area contributed by atoms with Crippen molar-refractivity contribution in [1.82, 2.24) is 0 Å². The first kappa shape index (κ1) is 33.5. The zero-order valence-corrected chi connectivity index (χ0v) is 26.7. The molecule has 0 aliphatic heterocycles. The number of rotatable bonds is 17. The highest BCUT2D eigenvalue weighted by atomic mass is 16.5. The Balaban J connectivity index is 1.21. The first-order chi connectivity index (χ1) is 22.0. The normalized spacial score (nSPS) is 10.8. The van der Waals surface area contributed by atoms with Gasteiger partial charge in [0, 0.05) is 24.7 Å². The number of hydrogen-bond acceptors (Lipinski definition) is 7. The molecular weight excluding hydrogens is 568 g/mol. The summed E-state index contributed by atoms with van der Waals surface area (Å²) in [6.45, 7) is 1.53. The average Bonchev–Trinajstić information content (AvgIpc) is 3.08. The molecule has 0 radical (unpaired) electrons. The molecule has 1 N–H and O–H groups in total. The molecule has 3 aromatic carbocycles. The number of ether oxygens (including phenoxy) is 4. The molecule has 1 heterocycles. The van der Waals surface area contributed by atoms with Gasteiger partial charge in [-0.15, -0.1) is 0 Å². The molecule has 0 aliphatic rings. The van der Waals surface area contributed by atoms with Gasteiger partial charge < -0.3 is 28.5 Å². The molecule has 238 valence electrons. The van der Waals surface area contributed by atoms with Crippen molar-refractivity contribution in [2.45, 2.75) is 70.8 Å². The topological polar surface area (TPSA) is 87.4 Å². The van der Waals surface area contributed by atoms with Crippen LogP contribution in [-0.2, 0) is 11.3 Å². The summed E-state index contributed by atoms with van der Waals surface area (Å²) in [5.41, 5.74) is 2.05. The summed E-state index contributed by atoms with van der Waals surface area (Å²) >= 11 is 0. The predicted molar refractivity (Wildman–Crippen MR) is 178 cm³/mol. The van der Waals surface area contributed by atoms with Crippen LogP contribution in [0.4, 0.5) is 0 Å². The summed E-state index contributed by atoms with van der Waals surface area (Å²) in [6, 6.07) is 18.6. The molecule has 4 aromatic rings. The fraction of sp³-hybridized carbons (Fsp3) is 0.395. The van der Waals surface area contributed by atoms with Crippen molar-refractivity contribution in [1.29, 1.82) is 0 Å². The highest BCUT2D eigenvalue weighted by Gasteiger charge is 2.19. The minimum Gasteiger partial charge on any atom is -0.502 e. The lowest BCUT2D eigenvalue weighted by atomic mass is 10.1. The summed E-state index contributed by atoms with van der Waals surface area (Å²) < 4.78 is 27.9. The Labute approximate surface area is 266 Å². The Hall–Kier alpha value is -4.41. The van der Waals surface area contributed by atoms with E-state index in [1.54, 1.807) is 37.4 Å². The molecule has 0 bridgehead atoms. The summed E-state index contributed by atoms with van der Waals surface area (Å²) in [5.74, 6) is 7.41. The Morgan fingerprint density at radius 3 is 2.09 bits per heavy atom. The van der Waals surface area contributed by atoms with Crippen LogP contribution in [0.1, 0.15) is 75.3 Å². The van der Waals surface area contributed by atoms with Gasteiger partial charge in [-0.25, -0.2) is 0 Å². The van der Waals surface area contributed by atoms with Crippen LogP contribution in [0.25, 0.3) is 22.3 Å². The Morgan fingerprint density at radius 2 is 1.40 bits per heavy atom. The van der Waals surface area contributed by atoms with E-state index in [2.05, 4.69) is 24.0 Å². The van der Waals surface area contributed by atoms with E-state index >= 15 is 0 Å². The summed E-state index contributed by atoms with van der Waals surface area (Å²) in [7, 11) is 4.61. The van der Waals surface area contributed by atoms with Gasteiger partial charge in [-0.1, -0.05) is 87.1 Å². The molecule has 0 fully saturated rings. The first-order valence-corrected chi connectivity index (χ1v) is 15.8. The molecule has 0 saturated heterocycles. The average molecular weight is 613 g/mol. The van der Waals surface area contributed by atoms with Crippen LogP contribution in [0.2, 0.25) is 0 Å². The van der Waals surface area contributed by atoms with Gasteiger partial charge in [0.25, 0.3) is 0 Å². The van der Waals surface area contributed by atoms with Crippen LogP contribution < -0.4 is 19.6 Å². The lowest BCUT2D eigenvalue weighted by molar-refractivity contribution is 0.116. The zero-order valence-electron chi connectivity index (χ0n) is 26.7. The molecule has 1 aromatic heterocycles. The van der Waals surface area contributed by atoms with Crippen LogP contribution in [-0.4, -0.2) is 33.0 Å². The fourth-order valence-corrected chi connectivity index (χ4v) is 5.23. The van der Waals surface area contributed by atoms with Crippen molar-refractivity contribution < 1.29 is 28.5 Å². The number of methoxy groups -OCH3 is 3. The van der Waals surface area contributed by atoms with Gasteiger partial charge in [0.05, 0.1) is 38.9 Å². The van der Waals surface area contributed by atoms with Gasteiger partial charge in [-0.3, -0.25) is 4.79 Å². The second kappa shape index (κ2) is 17.8. The van der Waals surface area contributed by atoms with E-state index in [1.165, 1.54) is 58.3 Å². The van der Waals surface area contributed by atoms with Gasteiger partial charge in [-0.05, 0) is 42.7 Å². The molecule has 0 aliphatic carbocycles. The first-order valence-electron chi connectivity index (χ1n) is 15.8. The largest absolute Gasteiger partial charge is 0.502 e. The monoisotopic (exact) mass is 612 g/mol. The van der Waals surface area contributed by atoms with E-state index in [1.807, 2.05) is 18.2 Å². The van der Waals surface area contributed by atoms with Crippen molar-refractivity contribution in [3.05, 3.63) is 82.0 Å². The Morgan fingerprint density at radius 1 is 0.733 bits per heavy atom. The number of unbranched alkanes of at least 4 members (excludes halogenated alkanes) is 9. The second-order valence-corrected chi connectivity index (χ2v) is 11.0. The van der Waals surface area contributed by atoms with E-state index in [0.29, 0.717) is 40.6 Å². The molecule has 45 heavy (non-hydrogen) atoms. The predicted octanol–water partition coefficient (Wildman–Crippen LogP) is 8.66. The summed E-state index contributed by atoms with van der Waals surface area (Å²) in [5, 5.41) is 11.0. The van der Waals surface area contributed by atoms with Gasteiger partial charge in [0.2, 0.25) is 11.2 Å². The smallest absolute Gasteiger partial charge is 0.235 e. The summed E-state index contributed by atoms with van der Waals surface area (Å²) in [4.78, 5) is 13.1. The zero-order chi connectivity index (χ0) is 31.9. The standard InChI is InChI=1S/C38H44O7/c1-41-32-22-21-30(25-35(32)43-3)38-37(40)36(39)31-24-29(33(42-2)26-34(31)45-38)20-16-11-9-7-5-4-6-8-10-12-17-23-44-27-28-18-14-13-15-19-28/h13-15,18-19,21-22,24-26,40H,4-12,17,23,27H2,1-3H3. The maximum absolute atomic E-state index is 13.1. The molecule has 7 heteroatoms. The van der Waals surface area contributed by atoms with E-state index in [4.69, 9.17) is 23.4 Å². The van der Waals surface area contributed by atoms with E-state index < -0.39 is 11.2 Å². The lowest BCUT2D eigenvalue weighted by Crippen LogP contribution is -2.04. The molecular formula is C38H44O7. The molecule has 0 saturated carbocycles. The highest BCUT2D eigenvalue weighted by Crippen LogP contribution is 2.37. The number of aromatic hydroxyl groups is 1. The van der Waals surface area contributed by atoms with Crippen LogP contribution in [0.15, 0.2) is 69.9 Å². The van der Waals surface area contributed by atoms with Crippen LogP contribution in [0.3, 0.4) is 0 Å². The molecule has 0 atom stereocenters. The molecule has 0 unspecified atom stereocenters. The Kier molecular flexibility index (Phi) is 13.2. The molecule has 4 rings (SSSR count). The molecule has 0 spiro atoms. The van der Waals surface area contributed by atoms with E-state index in [9.17, 15) is 9.90 Å². The SMILES string of the molecule is COc1cc2oc(-c3ccc(OC)c(OC)c3)c(O)c(=O)c2cc1C#CCCCCCCCCCCCOCc1ccccc1. The van der Waals surface area contributed by atoms with Crippen molar-refractivity contribution in [3.8, 4) is 46.2 Å². The third-order valence-corrected chi connectivity index (χ3v) is 7.76. The van der Waals surface area contributed by atoms with Gasteiger partial charge >= 0.3 is 0 Å². The third-order valence-electron chi connectivity index (χ3n) is 7.76. The quantitative estimate of drug-likeness (QED) is 0.0943. The Bertz CT molecular complexity index is 1630. The molecule has 7 nitrogen and oxygen atoms in total. The number of hydrogen-bond donors (Lipinski definition) is 1. The highest BCUT2D eigenvalue weighted by molar-refractivity contribution is 5.85. The van der Waals surface area contributed by atoms with Crippen molar-refractivity contribution >= 4 is 11.0 Å². The van der Waals surface area contributed by atoms with Crippen molar-refractivity contribution in [2.24, 2.45) is 0 Å². The minimum atomic E-state index is -0.539. The fourth-order valence-electron chi connectivity index (χ4n) is 5.23. The van der Waals surface area contributed by atoms with Crippen molar-refractivity contribution in [3.63, 3.8) is 0 Å².